The zero-order valence-electron chi connectivity index (χ0n) is 11.9. The lowest BCUT2D eigenvalue weighted by Gasteiger charge is -2.06. The molecular formula is C13H14F2N4OS2. The van der Waals surface area contributed by atoms with Gasteiger partial charge in [-0.2, -0.15) is 8.78 Å². The average Bonchev–Trinajstić information content (AvgIpc) is 2.78. The summed E-state index contributed by atoms with van der Waals surface area (Å²) in [4.78, 5) is 12.3. The van der Waals surface area contributed by atoms with E-state index in [2.05, 4.69) is 15.5 Å². The summed E-state index contributed by atoms with van der Waals surface area (Å²) in [7, 11) is 1.83. The second kappa shape index (κ2) is 7.59. The Morgan fingerprint density at radius 3 is 2.55 bits per heavy atom. The van der Waals surface area contributed by atoms with E-state index in [9.17, 15) is 13.6 Å². The van der Waals surface area contributed by atoms with Crippen LogP contribution in [0, 0.1) is 6.92 Å². The molecular weight excluding hydrogens is 330 g/mol. The number of alkyl halides is 2. The van der Waals surface area contributed by atoms with Gasteiger partial charge in [-0.3, -0.25) is 4.79 Å². The molecule has 1 N–H and O–H groups in total. The molecule has 0 bridgehead atoms. The van der Waals surface area contributed by atoms with E-state index in [1.807, 2.05) is 14.0 Å². The fraction of sp³-hybridized carbons (Fsp3) is 0.308. The summed E-state index contributed by atoms with van der Waals surface area (Å²) in [5.41, 5.74) is 0.568. The molecule has 0 saturated carbocycles. The van der Waals surface area contributed by atoms with Crippen LogP contribution in [-0.4, -0.2) is 32.2 Å². The van der Waals surface area contributed by atoms with E-state index in [-0.39, 0.29) is 11.7 Å². The number of hydrogen-bond donors (Lipinski definition) is 1. The lowest BCUT2D eigenvalue weighted by Crippen LogP contribution is -2.14. The molecule has 0 atom stereocenters. The molecule has 22 heavy (non-hydrogen) atoms. The van der Waals surface area contributed by atoms with E-state index >= 15 is 0 Å². The molecule has 0 saturated heterocycles. The van der Waals surface area contributed by atoms with E-state index in [1.165, 1.54) is 11.8 Å². The van der Waals surface area contributed by atoms with Crippen LogP contribution in [0.15, 0.2) is 34.3 Å². The highest BCUT2D eigenvalue weighted by Gasteiger charge is 2.10. The molecule has 2 aromatic rings. The van der Waals surface area contributed by atoms with Gasteiger partial charge in [-0.05, 0) is 31.2 Å². The smallest absolute Gasteiger partial charge is 0.288 e. The van der Waals surface area contributed by atoms with Crippen molar-refractivity contribution in [2.75, 3.05) is 11.1 Å². The number of thioether (sulfide) groups is 2. The maximum Gasteiger partial charge on any atom is 0.288 e. The van der Waals surface area contributed by atoms with E-state index in [0.717, 1.165) is 5.82 Å². The van der Waals surface area contributed by atoms with Crippen molar-refractivity contribution in [1.29, 1.82) is 0 Å². The topological polar surface area (TPSA) is 59.8 Å². The Labute approximate surface area is 134 Å². The molecule has 5 nitrogen and oxygen atoms in total. The summed E-state index contributed by atoms with van der Waals surface area (Å²) in [6.07, 6.45) is 0. The summed E-state index contributed by atoms with van der Waals surface area (Å²) >= 11 is 1.75. The highest BCUT2D eigenvalue weighted by molar-refractivity contribution is 8.00. The Morgan fingerprint density at radius 1 is 1.32 bits per heavy atom. The third-order valence-corrected chi connectivity index (χ3v) is 4.49. The molecule has 1 amide bonds. The van der Waals surface area contributed by atoms with Crippen molar-refractivity contribution in [3.63, 3.8) is 0 Å². The third kappa shape index (κ3) is 4.70. The third-order valence-electron chi connectivity index (χ3n) is 2.75. The Hall–Kier alpha value is -1.61. The van der Waals surface area contributed by atoms with E-state index < -0.39 is 5.76 Å². The van der Waals surface area contributed by atoms with Crippen molar-refractivity contribution in [1.82, 2.24) is 14.8 Å². The van der Waals surface area contributed by atoms with E-state index in [0.29, 0.717) is 27.5 Å². The highest BCUT2D eigenvalue weighted by atomic mass is 32.2. The van der Waals surface area contributed by atoms with Crippen LogP contribution in [-0.2, 0) is 11.8 Å². The molecule has 1 aromatic heterocycles. The molecule has 0 radical (unpaired) electrons. The fourth-order valence-corrected chi connectivity index (χ4v) is 2.82. The van der Waals surface area contributed by atoms with Gasteiger partial charge in [-0.15, -0.1) is 10.2 Å². The summed E-state index contributed by atoms with van der Waals surface area (Å²) in [5.74, 6) is -1.68. The molecule has 1 heterocycles. The van der Waals surface area contributed by atoms with Crippen molar-refractivity contribution in [2.24, 2.45) is 7.05 Å². The zero-order valence-corrected chi connectivity index (χ0v) is 13.5. The Morgan fingerprint density at radius 2 is 2.00 bits per heavy atom. The highest BCUT2D eigenvalue weighted by Crippen LogP contribution is 2.26. The number of amides is 1. The predicted molar refractivity (Wildman–Crippen MR) is 83.4 cm³/mol. The van der Waals surface area contributed by atoms with Gasteiger partial charge in [0, 0.05) is 17.6 Å². The van der Waals surface area contributed by atoms with Crippen LogP contribution >= 0.6 is 23.5 Å². The molecule has 2 rings (SSSR count). The first-order valence-corrected chi connectivity index (χ1v) is 8.15. The van der Waals surface area contributed by atoms with Crippen LogP contribution in [0.5, 0.6) is 0 Å². The number of hydrogen-bond acceptors (Lipinski definition) is 5. The maximum atomic E-state index is 12.2. The molecule has 0 aliphatic carbocycles. The SMILES string of the molecule is Cc1nnc(SCC(=O)Nc2ccc(SC(F)F)cc2)n1C. The number of carbonyl (C=O) groups is 1. The largest absolute Gasteiger partial charge is 0.325 e. The lowest BCUT2D eigenvalue weighted by atomic mass is 10.3. The lowest BCUT2D eigenvalue weighted by molar-refractivity contribution is -0.113. The van der Waals surface area contributed by atoms with Crippen molar-refractivity contribution >= 4 is 35.1 Å². The number of carbonyl (C=O) groups excluding carboxylic acids is 1. The first kappa shape index (κ1) is 16.8. The van der Waals surface area contributed by atoms with E-state index in [4.69, 9.17) is 0 Å². The molecule has 1 aromatic carbocycles. The minimum Gasteiger partial charge on any atom is -0.325 e. The molecule has 0 unspecified atom stereocenters. The molecule has 0 aliphatic rings. The first-order chi connectivity index (χ1) is 10.5. The number of aromatic nitrogens is 3. The second-order valence-electron chi connectivity index (χ2n) is 4.33. The van der Waals surface area contributed by atoms with Gasteiger partial charge in [0.15, 0.2) is 5.16 Å². The van der Waals surface area contributed by atoms with E-state index in [1.54, 1.807) is 28.8 Å². The normalized spacial score (nSPS) is 11.0. The van der Waals surface area contributed by atoms with Gasteiger partial charge in [0.1, 0.15) is 5.82 Å². The van der Waals surface area contributed by atoms with Crippen molar-refractivity contribution in [3.8, 4) is 0 Å². The number of anilines is 1. The predicted octanol–water partition coefficient (Wildman–Crippen LogP) is 3.17. The van der Waals surface area contributed by atoms with Crippen molar-refractivity contribution in [3.05, 3.63) is 30.1 Å². The minimum absolute atomic E-state index is 0.194. The standard InChI is InChI=1S/C13H14F2N4OS2/c1-8-17-18-13(19(8)2)21-7-11(20)16-9-3-5-10(6-4-9)22-12(14)15/h3-6,12H,7H2,1-2H3,(H,16,20). The van der Waals surface area contributed by atoms with Crippen LogP contribution in [0.25, 0.3) is 0 Å². The maximum absolute atomic E-state index is 12.2. The number of aryl methyl sites for hydroxylation is 1. The Kier molecular flexibility index (Phi) is 5.78. The zero-order chi connectivity index (χ0) is 16.1. The van der Waals surface area contributed by atoms with Crippen LogP contribution in [0.2, 0.25) is 0 Å². The number of nitrogens with one attached hydrogen (secondary N) is 1. The van der Waals surface area contributed by atoms with Crippen molar-refractivity contribution < 1.29 is 13.6 Å². The average molecular weight is 344 g/mol. The number of halogens is 2. The summed E-state index contributed by atoms with van der Waals surface area (Å²) in [6, 6.07) is 6.29. The number of nitrogens with zero attached hydrogens (tertiary/aromatic N) is 3. The van der Waals surface area contributed by atoms with Crippen LogP contribution in [0.4, 0.5) is 14.5 Å². The van der Waals surface area contributed by atoms with Gasteiger partial charge >= 0.3 is 0 Å². The molecule has 118 valence electrons. The summed E-state index contributed by atoms with van der Waals surface area (Å²) in [5, 5.41) is 11.2. The van der Waals surface area contributed by atoms with Crippen LogP contribution < -0.4 is 5.32 Å². The molecule has 0 aliphatic heterocycles. The first-order valence-electron chi connectivity index (χ1n) is 6.29. The van der Waals surface area contributed by atoms with Gasteiger partial charge in [0.05, 0.1) is 5.75 Å². The molecule has 9 heteroatoms. The number of benzene rings is 1. The fourth-order valence-electron chi connectivity index (χ4n) is 1.56. The van der Waals surface area contributed by atoms with Gasteiger partial charge in [0.25, 0.3) is 5.76 Å². The van der Waals surface area contributed by atoms with Crippen LogP contribution in [0.1, 0.15) is 5.82 Å². The quantitative estimate of drug-likeness (QED) is 0.816. The van der Waals surface area contributed by atoms with Gasteiger partial charge < -0.3 is 9.88 Å². The second-order valence-corrected chi connectivity index (χ2v) is 6.33. The van der Waals surface area contributed by atoms with Gasteiger partial charge in [-0.25, -0.2) is 0 Å². The minimum atomic E-state index is -2.45. The monoisotopic (exact) mass is 344 g/mol. The number of rotatable bonds is 6. The van der Waals surface area contributed by atoms with Crippen molar-refractivity contribution in [2.45, 2.75) is 22.7 Å². The molecule has 0 fully saturated rings. The Bertz CT molecular complexity index is 646. The van der Waals surface area contributed by atoms with Gasteiger partial charge in [-0.1, -0.05) is 23.5 Å². The molecule has 0 spiro atoms. The summed E-state index contributed by atoms with van der Waals surface area (Å²) in [6.45, 7) is 1.83. The van der Waals surface area contributed by atoms with Gasteiger partial charge in [0.2, 0.25) is 5.91 Å². The summed E-state index contributed by atoms with van der Waals surface area (Å²) < 4.78 is 26.2. The van der Waals surface area contributed by atoms with Crippen LogP contribution in [0.3, 0.4) is 0 Å². The Balaban J connectivity index is 1.85.